The zero-order valence-electron chi connectivity index (χ0n) is 16.8. The molecule has 0 rings (SSSR count). The van der Waals surface area contributed by atoms with Crippen molar-refractivity contribution < 1.29 is 19.1 Å². The monoisotopic (exact) mass is 356 g/mol. The molecule has 0 aliphatic heterocycles. The van der Waals surface area contributed by atoms with Gasteiger partial charge < -0.3 is 9.47 Å². The van der Waals surface area contributed by atoms with Crippen molar-refractivity contribution in [1.29, 1.82) is 0 Å². The van der Waals surface area contributed by atoms with E-state index in [2.05, 4.69) is 13.8 Å². The van der Waals surface area contributed by atoms with Crippen molar-refractivity contribution in [3.8, 4) is 0 Å². The zero-order chi connectivity index (χ0) is 18.8. The molecule has 0 radical (unpaired) electrons. The van der Waals surface area contributed by atoms with Crippen molar-refractivity contribution >= 4 is 11.9 Å². The quantitative estimate of drug-likeness (QED) is 0.238. The van der Waals surface area contributed by atoms with Crippen LogP contribution >= 0.6 is 0 Å². The van der Waals surface area contributed by atoms with E-state index in [1.165, 1.54) is 12.8 Å². The Bertz CT molecular complexity index is 328. The van der Waals surface area contributed by atoms with Gasteiger partial charge in [0.15, 0.2) is 0 Å². The lowest BCUT2D eigenvalue weighted by Crippen LogP contribution is -2.17. The number of carbonyl (C=O) groups excluding carboxylic acids is 2. The smallest absolute Gasteiger partial charge is 0.306 e. The highest BCUT2D eigenvalue weighted by molar-refractivity contribution is 5.69. The second kappa shape index (κ2) is 17.8. The predicted octanol–water partition coefficient (Wildman–Crippen LogP) is 5.96. The van der Waals surface area contributed by atoms with Crippen molar-refractivity contribution in [2.24, 2.45) is 0 Å². The Morgan fingerprint density at radius 2 is 1.32 bits per heavy atom. The summed E-state index contributed by atoms with van der Waals surface area (Å²) in [6.45, 7) is 6.80. The molecular weight excluding hydrogens is 316 g/mol. The molecule has 148 valence electrons. The van der Waals surface area contributed by atoms with Crippen molar-refractivity contribution in [3.63, 3.8) is 0 Å². The maximum atomic E-state index is 11.9. The number of unbranched alkanes of at least 4 members (excludes halogenated alkanes) is 7. The van der Waals surface area contributed by atoms with E-state index in [9.17, 15) is 9.59 Å². The van der Waals surface area contributed by atoms with Gasteiger partial charge in [0.05, 0.1) is 6.61 Å². The third kappa shape index (κ3) is 16.2. The van der Waals surface area contributed by atoms with E-state index >= 15 is 0 Å². The normalized spacial score (nSPS) is 12.0. The molecule has 0 aromatic rings. The van der Waals surface area contributed by atoms with Gasteiger partial charge in [-0.1, -0.05) is 59.3 Å². The third-order valence-electron chi connectivity index (χ3n) is 4.36. The summed E-state index contributed by atoms with van der Waals surface area (Å²) in [7, 11) is 0. The number of hydrogen-bond donors (Lipinski definition) is 0. The van der Waals surface area contributed by atoms with E-state index in [1.54, 1.807) is 0 Å². The molecule has 0 spiro atoms. The first kappa shape index (κ1) is 23.9. The molecule has 0 aromatic carbocycles. The van der Waals surface area contributed by atoms with Crippen LogP contribution in [0.25, 0.3) is 0 Å². The van der Waals surface area contributed by atoms with Crippen LogP contribution in [0.4, 0.5) is 0 Å². The Hall–Kier alpha value is -1.06. The van der Waals surface area contributed by atoms with Gasteiger partial charge in [-0.3, -0.25) is 9.59 Å². The number of esters is 2. The number of hydrogen-bond acceptors (Lipinski definition) is 4. The first-order valence-corrected chi connectivity index (χ1v) is 10.5. The average Bonchev–Trinajstić information content (AvgIpc) is 2.61. The van der Waals surface area contributed by atoms with Gasteiger partial charge in [-0.15, -0.1) is 0 Å². The molecule has 1 unspecified atom stereocenters. The second-order valence-electron chi connectivity index (χ2n) is 6.86. The largest absolute Gasteiger partial charge is 0.466 e. The third-order valence-corrected chi connectivity index (χ3v) is 4.36. The molecule has 0 heterocycles. The molecule has 0 saturated heterocycles. The highest BCUT2D eigenvalue weighted by Gasteiger charge is 2.11. The summed E-state index contributed by atoms with van der Waals surface area (Å²) in [6.07, 6.45) is 13.7. The van der Waals surface area contributed by atoms with Crippen LogP contribution in [0.1, 0.15) is 111 Å². The van der Waals surface area contributed by atoms with Gasteiger partial charge in [-0.2, -0.15) is 0 Å². The minimum absolute atomic E-state index is 0.0398. The highest BCUT2D eigenvalue weighted by atomic mass is 16.5. The fourth-order valence-corrected chi connectivity index (χ4v) is 2.75. The van der Waals surface area contributed by atoms with Gasteiger partial charge in [0.2, 0.25) is 0 Å². The first-order valence-electron chi connectivity index (χ1n) is 10.5. The Kier molecular flexibility index (Phi) is 17.0. The van der Waals surface area contributed by atoms with E-state index in [0.717, 1.165) is 64.2 Å². The Balaban J connectivity index is 3.48. The van der Waals surface area contributed by atoms with Gasteiger partial charge in [0.25, 0.3) is 0 Å². The minimum Gasteiger partial charge on any atom is -0.466 e. The van der Waals surface area contributed by atoms with Crippen LogP contribution < -0.4 is 0 Å². The van der Waals surface area contributed by atoms with Gasteiger partial charge in [-0.25, -0.2) is 0 Å². The summed E-state index contributed by atoms with van der Waals surface area (Å²) >= 11 is 0. The zero-order valence-corrected chi connectivity index (χ0v) is 16.8. The maximum absolute atomic E-state index is 11.9. The van der Waals surface area contributed by atoms with Crippen LogP contribution in [-0.2, 0) is 19.1 Å². The minimum atomic E-state index is -0.0750. The lowest BCUT2D eigenvalue weighted by Gasteiger charge is -2.16. The summed E-state index contributed by atoms with van der Waals surface area (Å²) in [4.78, 5) is 23.2. The van der Waals surface area contributed by atoms with E-state index in [0.29, 0.717) is 19.4 Å². The Morgan fingerprint density at radius 1 is 0.720 bits per heavy atom. The van der Waals surface area contributed by atoms with Crippen LogP contribution in [0.15, 0.2) is 0 Å². The molecule has 4 heteroatoms. The SMILES string of the molecule is CCCCCC(CC)OC(=O)CCCCCCCCC(=O)OCCC. The molecule has 0 saturated carbocycles. The lowest BCUT2D eigenvalue weighted by molar-refractivity contribution is -0.149. The fourth-order valence-electron chi connectivity index (χ4n) is 2.75. The molecule has 0 amide bonds. The maximum Gasteiger partial charge on any atom is 0.306 e. The number of ether oxygens (including phenoxy) is 2. The standard InChI is InChI=1S/C21H40O4/c1-4-7-12-15-19(6-3)25-21(23)17-14-11-9-8-10-13-16-20(22)24-18-5-2/h19H,4-18H2,1-3H3. The van der Waals surface area contributed by atoms with Gasteiger partial charge in [-0.05, 0) is 38.5 Å². The number of rotatable bonds is 17. The molecule has 0 fully saturated rings. The van der Waals surface area contributed by atoms with Crippen LogP contribution in [-0.4, -0.2) is 24.6 Å². The fraction of sp³-hybridized carbons (Fsp3) is 0.905. The predicted molar refractivity (Wildman–Crippen MR) is 102 cm³/mol. The van der Waals surface area contributed by atoms with Crippen LogP contribution in [0.3, 0.4) is 0 Å². The Morgan fingerprint density at radius 3 is 1.88 bits per heavy atom. The van der Waals surface area contributed by atoms with Crippen molar-refractivity contribution in [3.05, 3.63) is 0 Å². The van der Waals surface area contributed by atoms with Gasteiger partial charge in [0, 0.05) is 12.8 Å². The summed E-state index contributed by atoms with van der Waals surface area (Å²) < 4.78 is 10.6. The highest BCUT2D eigenvalue weighted by Crippen LogP contribution is 2.13. The molecule has 0 aliphatic carbocycles. The van der Waals surface area contributed by atoms with Crippen LogP contribution in [0, 0.1) is 0 Å². The second-order valence-corrected chi connectivity index (χ2v) is 6.86. The summed E-state index contributed by atoms with van der Waals surface area (Å²) in [6, 6.07) is 0. The first-order chi connectivity index (χ1) is 12.1. The van der Waals surface area contributed by atoms with E-state index in [-0.39, 0.29) is 18.0 Å². The lowest BCUT2D eigenvalue weighted by atomic mass is 10.1. The van der Waals surface area contributed by atoms with E-state index in [4.69, 9.17) is 9.47 Å². The molecule has 25 heavy (non-hydrogen) atoms. The molecular formula is C21H40O4. The summed E-state index contributed by atoms with van der Waals surface area (Å²) in [5.74, 6) is -0.115. The van der Waals surface area contributed by atoms with Crippen molar-refractivity contribution in [2.45, 2.75) is 117 Å². The van der Waals surface area contributed by atoms with Crippen LogP contribution in [0.2, 0.25) is 0 Å². The Labute approximate surface area is 155 Å². The van der Waals surface area contributed by atoms with Crippen LogP contribution in [0.5, 0.6) is 0 Å². The van der Waals surface area contributed by atoms with Gasteiger partial charge >= 0.3 is 11.9 Å². The molecule has 1 atom stereocenters. The summed E-state index contributed by atoms with van der Waals surface area (Å²) in [5.41, 5.74) is 0. The number of carbonyl (C=O) groups is 2. The van der Waals surface area contributed by atoms with Gasteiger partial charge in [0.1, 0.15) is 6.10 Å². The molecule has 4 nitrogen and oxygen atoms in total. The molecule has 0 N–H and O–H groups in total. The van der Waals surface area contributed by atoms with E-state index in [1.807, 2.05) is 6.92 Å². The van der Waals surface area contributed by atoms with Crippen molar-refractivity contribution in [1.82, 2.24) is 0 Å². The van der Waals surface area contributed by atoms with E-state index < -0.39 is 0 Å². The molecule has 0 aliphatic rings. The van der Waals surface area contributed by atoms with Crippen molar-refractivity contribution in [2.75, 3.05) is 6.61 Å². The molecule has 0 bridgehead atoms. The summed E-state index contributed by atoms with van der Waals surface area (Å²) in [5, 5.41) is 0. The molecule has 0 aromatic heterocycles. The topological polar surface area (TPSA) is 52.6 Å². The average molecular weight is 357 g/mol.